The summed E-state index contributed by atoms with van der Waals surface area (Å²) >= 11 is -2.51. The third-order valence-electron chi connectivity index (χ3n) is 11.2. The Morgan fingerprint density at radius 2 is 1.35 bits per heavy atom. The summed E-state index contributed by atoms with van der Waals surface area (Å²) in [6.07, 6.45) is 6.09. The van der Waals surface area contributed by atoms with Crippen molar-refractivity contribution in [2.75, 3.05) is 0 Å². The molecule has 0 heterocycles. The molecule has 0 radical (unpaired) electrons. The van der Waals surface area contributed by atoms with Crippen molar-refractivity contribution in [1.29, 1.82) is 0 Å². The molecule has 0 bridgehead atoms. The molecule has 0 saturated heterocycles. The molecule has 0 amide bonds. The second-order valence-electron chi connectivity index (χ2n) is 15.5. The van der Waals surface area contributed by atoms with E-state index in [4.69, 9.17) is 0 Å². The molecule has 0 N–H and O–H groups in total. The summed E-state index contributed by atoms with van der Waals surface area (Å²) < 4.78 is 6.32. The quantitative estimate of drug-likeness (QED) is 0.269. The van der Waals surface area contributed by atoms with Crippen LogP contribution in [0, 0.1) is 18.8 Å². The average molecular weight is 727 g/mol. The van der Waals surface area contributed by atoms with Crippen LogP contribution in [-0.2, 0) is 38.5 Å². The molecular formula is C43H48Cl2Zr. The van der Waals surface area contributed by atoms with Crippen LogP contribution in [0.2, 0.25) is 0 Å². The number of benzene rings is 3. The van der Waals surface area contributed by atoms with Gasteiger partial charge in [0.2, 0.25) is 0 Å². The summed E-state index contributed by atoms with van der Waals surface area (Å²) in [7, 11) is 0. The van der Waals surface area contributed by atoms with E-state index in [-0.39, 0.29) is 35.6 Å². The third-order valence-corrected chi connectivity index (χ3v) is 20.0. The second kappa shape index (κ2) is 12.1. The van der Waals surface area contributed by atoms with Crippen molar-refractivity contribution in [3.05, 3.63) is 123 Å². The van der Waals surface area contributed by atoms with Crippen LogP contribution in [0.25, 0.3) is 22.3 Å². The number of rotatable bonds is 4. The van der Waals surface area contributed by atoms with Crippen molar-refractivity contribution in [3.63, 3.8) is 0 Å². The van der Waals surface area contributed by atoms with Crippen molar-refractivity contribution >= 4 is 14.9 Å². The summed E-state index contributed by atoms with van der Waals surface area (Å²) in [6.45, 7) is 26.4. The Morgan fingerprint density at radius 3 is 1.93 bits per heavy atom. The number of hydrogen-bond acceptors (Lipinski definition) is 0. The standard InChI is InChI=1S/C25H25.C10H15.C8H8.2ClH.Zr/c1-14-12-24(3,4)22-8-16-7-17-9-23-19(15(2)13-25(23,5)6)11-21(17)20(16)10-18(14)22;1-7(2)10-6-8(3)5-9(10)4;1-7-3-5-8(2)6-4-7;;;/h8-12H,7H2,1-6H3;6-8H,1-4H3;1,3-6H,2H3;2*1H;/q;;;;;+2/p-2. The SMILES string of the molecule is CC1=CC(C)(C)c2cc3c(cc21)-c1cc2c(cc1C3)C(C)(C)[C]([Zr+2](=[CH]c1ccc(C)cc1)[C]1=C(C)C(C(C)C)=CC1C)=C2C.[Cl-].[Cl-]. The van der Waals surface area contributed by atoms with Gasteiger partial charge < -0.3 is 24.8 Å². The van der Waals surface area contributed by atoms with Gasteiger partial charge in [-0.15, -0.1) is 0 Å². The molecule has 4 aliphatic carbocycles. The molecule has 3 aromatic carbocycles. The topological polar surface area (TPSA) is 0 Å². The molecule has 0 spiro atoms. The smallest absolute Gasteiger partial charge is 1.00 e. The van der Waals surface area contributed by atoms with Gasteiger partial charge in [-0.3, -0.25) is 0 Å². The maximum absolute atomic E-state index is 2.77. The van der Waals surface area contributed by atoms with E-state index in [2.05, 4.69) is 141 Å². The monoisotopic (exact) mass is 724 g/mol. The molecule has 4 aliphatic rings. The van der Waals surface area contributed by atoms with Crippen LogP contribution >= 0.6 is 0 Å². The predicted octanol–water partition coefficient (Wildman–Crippen LogP) is 5.27. The van der Waals surface area contributed by atoms with Gasteiger partial charge in [0.25, 0.3) is 0 Å². The van der Waals surface area contributed by atoms with Gasteiger partial charge in [0.1, 0.15) is 0 Å². The van der Waals surface area contributed by atoms with Crippen molar-refractivity contribution in [2.24, 2.45) is 11.8 Å². The number of hydrogen-bond donors (Lipinski definition) is 0. The van der Waals surface area contributed by atoms with Crippen molar-refractivity contribution < 1.29 is 46.1 Å². The zero-order valence-electron chi connectivity index (χ0n) is 29.5. The third kappa shape index (κ3) is 5.32. The molecule has 0 fully saturated rings. The van der Waals surface area contributed by atoms with Crippen LogP contribution in [0.3, 0.4) is 0 Å². The van der Waals surface area contributed by atoms with Crippen LogP contribution in [0.15, 0.2) is 78.4 Å². The fraction of sp³-hybridized carbons (Fsp3) is 0.372. The zero-order valence-corrected chi connectivity index (χ0v) is 33.4. The normalized spacial score (nSPS) is 19.8. The number of fused-ring (bicyclic) bond motifs is 5. The van der Waals surface area contributed by atoms with E-state index in [1.165, 1.54) is 55.6 Å². The molecule has 3 heteroatoms. The molecule has 1 unspecified atom stereocenters. The van der Waals surface area contributed by atoms with E-state index in [0.717, 1.165) is 6.42 Å². The first kappa shape index (κ1) is 35.3. The van der Waals surface area contributed by atoms with Crippen LogP contribution in [0.4, 0.5) is 0 Å². The molecule has 1 atom stereocenters. The van der Waals surface area contributed by atoms with Gasteiger partial charge in [0, 0.05) is 0 Å². The first-order valence-electron chi connectivity index (χ1n) is 16.7. The first-order chi connectivity index (χ1) is 20.7. The number of halogens is 2. The van der Waals surface area contributed by atoms with Gasteiger partial charge in [-0.1, -0.05) is 0 Å². The van der Waals surface area contributed by atoms with Gasteiger partial charge in [-0.2, -0.15) is 0 Å². The van der Waals surface area contributed by atoms with E-state index in [9.17, 15) is 0 Å². The van der Waals surface area contributed by atoms with Gasteiger partial charge in [0.05, 0.1) is 0 Å². The largest absolute Gasteiger partial charge is 1.00 e. The van der Waals surface area contributed by atoms with E-state index in [1.807, 2.05) is 0 Å². The number of allylic oxidation sites excluding steroid dienone is 8. The fourth-order valence-corrected chi connectivity index (χ4v) is 17.9. The van der Waals surface area contributed by atoms with E-state index in [0.29, 0.717) is 11.8 Å². The minimum Gasteiger partial charge on any atom is -1.00 e. The Hall–Kier alpha value is -2.05. The second-order valence-corrected chi connectivity index (χ2v) is 20.8. The Bertz CT molecular complexity index is 1940. The molecule has 0 aromatic heterocycles. The van der Waals surface area contributed by atoms with Crippen molar-refractivity contribution in [2.45, 2.75) is 93.4 Å². The van der Waals surface area contributed by atoms with Crippen molar-refractivity contribution in [1.82, 2.24) is 0 Å². The van der Waals surface area contributed by atoms with Gasteiger partial charge in [-0.25, -0.2) is 0 Å². The Morgan fingerprint density at radius 1 is 0.761 bits per heavy atom. The Kier molecular flexibility index (Phi) is 9.30. The molecule has 238 valence electrons. The summed E-state index contributed by atoms with van der Waals surface area (Å²) in [5, 5.41) is 0. The van der Waals surface area contributed by atoms with Gasteiger partial charge in [0.15, 0.2) is 0 Å². The molecule has 0 saturated carbocycles. The summed E-state index contributed by atoms with van der Waals surface area (Å²) in [6, 6.07) is 19.5. The maximum Gasteiger partial charge on any atom is -1.00 e. The molecular weight excluding hydrogens is 679 g/mol. The minimum atomic E-state index is -2.51. The van der Waals surface area contributed by atoms with Gasteiger partial charge >= 0.3 is 275 Å². The van der Waals surface area contributed by atoms with E-state index >= 15 is 0 Å². The van der Waals surface area contributed by atoms with Crippen LogP contribution < -0.4 is 24.8 Å². The summed E-state index contributed by atoms with van der Waals surface area (Å²) in [5.41, 5.74) is 21.0. The first-order valence-corrected chi connectivity index (χ1v) is 20.6. The minimum absolute atomic E-state index is 0. The molecule has 46 heavy (non-hydrogen) atoms. The van der Waals surface area contributed by atoms with Crippen LogP contribution in [0.1, 0.15) is 114 Å². The maximum atomic E-state index is 2.77. The predicted molar refractivity (Wildman–Crippen MR) is 188 cm³/mol. The Balaban J connectivity index is 0.00000208. The van der Waals surface area contributed by atoms with Crippen LogP contribution in [0.5, 0.6) is 0 Å². The van der Waals surface area contributed by atoms with Crippen molar-refractivity contribution in [3.8, 4) is 11.1 Å². The fourth-order valence-electron chi connectivity index (χ4n) is 9.11. The van der Waals surface area contributed by atoms with E-state index in [1.54, 1.807) is 28.8 Å². The summed E-state index contributed by atoms with van der Waals surface area (Å²) in [5.74, 6) is 1.08. The average Bonchev–Trinajstić information content (AvgIpc) is 3.59. The van der Waals surface area contributed by atoms with E-state index < -0.39 is 21.3 Å². The molecule has 3 aromatic rings. The van der Waals surface area contributed by atoms with Gasteiger partial charge in [-0.05, 0) is 0 Å². The number of aryl methyl sites for hydroxylation is 1. The summed E-state index contributed by atoms with van der Waals surface area (Å²) in [4.78, 5) is 0. The molecule has 0 aliphatic heterocycles. The zero-order chi connectivity index (χ0) is 31.5. The molecule has 7 rings (SSSR count). The Labute approximate surface area is 298 Å². The van der Waals surface area contributed by atoms with Crippen LogP contribution in [-0.4, -0.2) is 3.71 Å². The molecule has 0 nitrogen and oxygen atoms in total.